The summed E-state index contributed by atoms with van der Waals surface area (Å²) in [6, 6.07) is 14.7. The van der Waals surface area contributed by atoms with E-state index in [9.17, 15) is 4.79 Å². The van der Waals surface area contributed by atoms with Gasteiger partial charge < -0.3 is 15.6 Å². The Kier molecular flexibility index (Phi) is 4.02. The SMILES string of the molecule is CC(NC(=O)Nc1ccc(Cl)cc1)c1c[nH]c2ccccc12. The van der Waals surface area contributed by atoms with Crippen molar-refractivity contribution in [3.05, 3.63) is 65.3 Å². The lowest BCUT2D eigenvalue weighted by atomic mass is 10.1. The van der Waals surface area contributed by atoms with E-state index in [1.54, 1.807) is 24.3 Å². The van der Waals surface area contributed by atoms with E-state index < -0.39 is 0 Å². The van der Waals surface area contributed by atoms with Crippen LogP contribution < -0.4 is 10.6 Å². The highest BCUT2D eigenvalue weighted by Crippen LogP contribution is 2.23. The van der Waals surface area contributed by atoms with Crippen molar-refractivity contribution in [2.45, 2.75) is 13.0 Å². The normalized spacial score (nSPS) is 12.1. The number of para-hydroxylation sites is 1. The largest absolute Gasteiger partial charge is 0.361 e. The Balaban J connectivity index is 1.69. The molecule has 0 aliphatic heterocycles. The number of carbonyl (C=O) groups is 1. The molecule has 0 saturated carbocycles. The van der Waals surface area contributed by atoms with Crippen molar-refractivity contribution >= 4 is 34.2 Å². The van der Waals surface area contributed by atoms with E-state index in [-0.39, 0.29) is 12.1 Å². The van der Waals surface area contributed by atoms with Crippen LogP contribution in [0.3, 0.4) is 0 Å². The van der Waals surface area contributed by atoms with Gasteiger partial charge in [0, 0.05) is 27.8 Å². The van der Waals surface area contributed by atoms with Gasteiger partial charge in [0.15, 0.2) is 0 Å². The minimum Gasteiger partial charge on any atom is -0.361 e. The molecule has 0 saturated heterocycles. The van der Waals surface area contributed by atoms with Crippen LogP contribution in [0.1, 0.15) is 18.5 Å². The quantitative estimate of drug-likeness (QED) is 0.644. The fraction of sp³-hybridized carbons (Fsp3) is 0.118. The molecular weight excluding hydrogens is 298 g/mol. The van der Waals surface area contributed by atoms with Crippen molar-refractivity contribution in [3.63, 3.8) is 0 Å². The summed E-state index contributed by atoms with van der Waals surface area (Å²) in [5.74, 6) is 0. The maximum absolute atomic E-state index is 12.1. The lowest BCUT2D eigenvalue weighted by Gasteiger charge is -2.14. The fourth-order valence-electron chi connectivity index (χ4n) is 2.43. The third-order valence-electron chi connectivity index (χ3n) is 3.54. The van der Waals surface area contributed by atoms with Crippen LogP contribution in [-0.2, 0) is 0 Å². The highest BCUT2D eigenvalue weighted by molar-refractivity contribution is 6.30. The average Bonchev–Trinajstić information content (AvgIpc) is 2.93. The number of aromatic nitrogens is 1. The highest BCUT2D eigenvalue weighted by atomic mass is 35.5. The molecule has 1 atom stereocenters. The van der Waals surface area contributed by atoms with Gasteiger partial charge in [0.2, 0.25) is 0 Å². The summed E-state index contributed by atoms with van der Waals surface area (Å²) in [7, 11) is 0. The molecule has 0 aliphatic carbocycles. The molecule has 3 rings (SSSR count). The minimum atomic E-state index is -0.250. The first-order chi connectivity index (χ1) is 10.6. The molecule has 1 heterocycles. The van der Waals surface area contributed by atoms with E-state index in [4.69, 9.17) is 11.6 Å². The summed E-state index contributed by atoms with van der Waals surface area (Å²) >= 11 is 5.82. The monoisotopic (exact) mass is 313 g/mol. The Bertz CT molecular complexity index is 795. The van der Waals surface area contributed by atoms with Crippen molar-refractivity contribution in [1.29, 1.82) is 0 Å². The van der Waals surface area contributed by atoms with Crippen molar-refractivity contribution in [1.82, 2.24) is 10.3 Å². The minimum absolute atomic E-state index is 0.108. The van der Waals surface area contributed by atoms with Gasteiger partial charge in [-0.1, -0.05) is 29.8 Å². The first-order valence-corrected chi connectivity index (χ1v) is 7.40. The van der Waals surface area contributed by atoms with Gasteiger partial charge in [0.05, 0.1) is 6.04 Å². The van der Waals surface area contributed by atoms with Crippen LogP contribution >= 0.6 is 11.6 Å². The van der Waals surface area contributed by atoms with Gasteiger partial charge in [0.25, 0.3) is 0 Å². The molecule has 0 radical (unpaired) electrons. The molecule has 22 heavy (non-hydrogen) atoms. The summed E-state index contributed by atoms with van der Waals surface area (Å²) in [4.78, 5) is 15.3. The molecule has 1 aromatic heterocycles. The van der Waals surface area contributed by atoms with Crippen molar-refractivity contribution in [3.8, 4) is 0 Å². The zero-order chi connectivity index (χ0) is 15.5. The summed E-state index contributed by atoms with van der Waals surface area (Å²) in [6.45, 7) is 1.96. The molecule has 4 nitrogen and oxygen atoms in total. The number of urea groups is 1. The first-order valence-electron chi connectivity index (χ1n) is 7.02. The van der Waals surface area contributed by atoms with E-state index >= 15 is 0 Å². The number of halogens is 1. The zero-order valence-corrected chi connectivity index (χ0v) is 12.8. The smallest absolute Gasteiger partial charge is 0.319 e. The average molecular weight is 314 g/mol. The summed E-state index contributed by atoms with van der Waals surface area (Å²) in [5, 5.41) is 7.48. The third-order valence-corrected chi connectivity index (χ3v) is 3.79. The van der Waals surface area contributed by atoms with Crippen LogP contribution in [0.5, 0.6) is 0 Å². The van der Waals surface area contributed by atoms with Crippen LogP contribution in [0.4, 0.5) is 10.5 Å². The summed E-state index contributed by atoms with van der Waals surface area (Å²) < 4.78 is 0. The number of amides is 2. The van der Waals surface area contributed by atoms with Gasteiger partial charge in [-0.15, -0.1) is 0 Å². The second kappa shape index (κ2) is 6.12. The van der Waals surface area contributed by atoms with Crippen LogP contribution in [-0.4, -0.2) is 11.0 Å². The van der Waals surface area contributed by atoms with Gasteiger partial charge in [0.1, 0.15) is 0 Å². The molecule has 5 heteroatoms. The van der Waals surface area contributed by atoms with Crippen LogP contribution in [0.15, 0.2) is 54.7 Å². The lowest BCUT2D eigenvalue weighted by Crippen LogP contribution is -2.31. The van der Waals surface area contributed by atoms with Gasteiger partial charge >= 0.3 is 6.03 Å². The van der Waals surface area contributed by atoms with Crippen LogP contribution in [0.25, 0.3) is 10.9 Å². The number of nitrogens with one attached hydrogen (secondary N) is 3. The number of anilines is 1. The van der Waals surface area contributed by atoms with Crippen LogP contribution in [0, 0.1) is 0 Å². The predicted molar refractivity (Wildman–Crippen MR) is 90.3 cm³/mol. The number of rotatable bonds is 3. The number of fused-ring (bicyclic) bond motifs is 1. The van der Waals surface area contributed by atoms with E-state index in [0.717, 1.165) is 16.5 Å². The van der Waals surface area contributed by atoms with Crippen molar-refractivity contribution < 1.29 is 4.79 Å². The van der Waals surface area contributed by atoms with Gasteiger partial charge in [-0.05, 0) is 42.8 Å². The second-order valence-electron chi connectivity index (χ2n) is 5.12. The van der Waals surface area contributed by atoms with Gasteiger partial charge in [-0.3, -0.25) is 0 Å². The maximum atomic E-state index is 12.1. The van der Waals surface area contributed by atoms with E-state index in [1.165, 1.54) is 0 Å². The van der Waals surface area contributed by atoms with Crippen LogP contribution in [0.2, 0.25) is 5.02 Å². The lowest BCUT2D eigenvalue weighted by molar-refractivity contribution is 0.249. The number of aromatic amines is 1. The topological polar surface area (TPSA) is 56.9 Å². The van der Waals surface area contributed by atoms with E-state index in [1.807, 2.05) is 37.4 Å². The highest BCUT2D eigenvalue weighted by Gasteiger charge is 2.13. The molecule has 0 fully saturated rings. The molecule has 0 aliphatic rings. The molecule has 3 aromatic rings. The molecule has 3 N–H and O–H groups in total. The Morgan fingerprint density at radius 1 is 1.14 bits per heavy atom. The number of hydrogen-bond donors (Lipinski definition) is 3. The molecular formula is C17H16ClN3O. The zero-order valence-electron chi connectivity index (χ0n) is 12.1. The second-order valence-corrected chi connectivity index (χ2v) is 5.55. The maximum Gasteiger partial charge on any atom is 0.319 e. The Hall–Kier alpha value is -2.46. The van der Waals surface area contributed by atoms with Crippen molar-refractivity contribution in [2.24, 2.45) is 0 Å². The number of benzene rings is 2. The number of hydrogen-bond acceptors (Lipinski definition) is 1. The molecule has 112 valence electrons. The van der Waals surface area contributed by atoms with E-state index in [2.05, 4.69) is 15.6 Å². The van der Waals surface area contributed by atoms with Gasteiger partial charge in [-0.25, -0.2) is 4.79 Å². The molecule has 0 spiro atoms. The summed E-state index contributed by atoms with van der Waals surface area (Å²) in [5.41, 5.74) is 2.82. The van der Waals surface area contributed by atoms with Crippen molar-refractivity contribution in [2.75, 3.05) is 5.32 Å². The third kappa shape index (κ3) is 3.07. The predicted octanol–water partition coefficient (Wildman–Crippen LogP) is 4.70. The number of H-pyrrole nitrogens is 1. The number of carbonyl (C=O) groups excluding carboxylic acids is 1. The molecule has 1 unspecified atom stereocenters. The Labute approximate surface area is 133 Å². The van der Waals surface area contributed by atoms with E-state index in [0.29, 0.717) is 10.7 Å². The fourth-order valence-corrected chi connectivity index (χ4v) is 2.55. The Morgan fingerprint density at radius 3 is 2.64 bits per heavy atom. The molecule has 2 amide bonds. The van der Waals surface area contributed by atoms with Gasteiger partial charge in [-0.2, -0.15) is 0 Å². The molecule has 2 aromatic carbocycles. The molecule has 0 bridgehead atoms. The standard InChI is InChI=1S/C17H16ClN3O/c1-11(15-10-19-16-5-3-2-4-14(15)16)20-17(22)21-13-8-6-12(18)7-9-13/h2-11,19H,1H3,(H2,20,21,22). The Morgan fingerprint density at radius 2 is 1.86 bits per heavy atom. The summed E-state index contributed by atoms with van der Waals surface area (Å²) in [6.07, 6.45) is 1.93. The first kappa shape index (κ1) is 14.5.